The molecule has 1 aromatic carbocycles. The normalized spacial score (nSPS) is 11.0. The minimum Gasteiger partial charge on any atom is -0.347 e. The van der Waals surface area contributed by atoms with E-state index < -0.39 is 5.91 Å². The van der Waals surface area contributed by atoms with Gasteiger partial charge in [-0.25, -0.2) is 0 Å². The fourth-order valence-electron chi connectivity index (χ4n) is 2.44. The summed E-state index contributed by atoms with van der Waals surface area (Å²) in [5.74, 6) is -0.430. The van der Waals surface area contributed by atoms with Gasteiger partial charge in [-0.15, -0.1) is 0 Å². The van der Waals surface area contributed by atoms with Crippen molar-refractivity contribution < 1.29 is 4.79 Å². The van der Waals surface area contributed by atoms with Crippen LogP contribution in [0.15, 0.2) is 60.6 Å². The Bertz CT molecular complexity index is 965. The van der Waals surface area contributed by atoms with Gasteiger partial charge in [0.25, 0.3) is 5.91 Å². The van der Waals surface area contributed by atoms with E-state index in [0.29, 0.717) is 12.1 Å². The Labute approximate surface area is 151 Å². The van der Waals surface area contributed by atoms with Crippen LogP contribution in [0, 0.1) is 18.3 Å². The molecule has 0 saturated carbocycles. The smallest absolute Gasteiger partial charge is 0.262 e. The van der Waals surface area contributed by atoms with Gasteiger partial charge in [0.05, 0.1) is 11.9 Å². The number of nitrogens with zero attached hydrogens (tertiary/aromatic N) is 3. The molecule has 6 heteroatoms. The van der Waals surface area contributed by atoms with Crippen LogP contribution >= 0.6 is 0 Å². The Morgan fingerprint density at radius 1 is 1.23 bits per heavy atom. The second kappa shape index (κ2) is 7.90. The number of benzene rings is 1. The highest BCUT2D eigenvalue weighted by atomic mass is 16.1. The molecule has 6 nitrogen and oxygen atoms in total. The average Bonchev–Trinajstić information content (AvgIpc) is 3.14. The summed E-state index contributed by atoms with van der Waals surface area (Å²) in [5.41, 5.74) is 4.47. The van der Waals surface area contributed by atoms with Crippen molar-refractivity contribution in [3.8, 4) is 17.3 Å². The van der Waals surface area contributed by atoms with Crippen molar-refractivity contribution >= 4 is 12.0 Å². The van der Waals surface area contributed by atoms with Crippen LogP contribution in [0.4, 0.5) is 0 Å². The van der Waals surface area contributed by atoms with Gasteiger partial charge in [-0.05, 0) is 30.7 Å². The van der Waals surface area contributed by atoms with Crippen LogP contribution in [-0.4, -0.2) is 21.1 Å². The highest BCUT2D eigenvalue weighted by molar-refractivity contribution is 6.02. The van der Waals surface area contributed by atoms with Crippen LogP contribution in [0.1, 0.15) is 16.7 Å². The van der Waals surface area contributed by atoms with Gasteiger partial charge in [0.15, 0.2) is 0 Å². The van der Waals surface area contributed by atoms with Crippen LogP contribution in [0.5, 0.6) is 0 Å². The maximum absolute atomic E-state index is 12.3. The fourth-order valence-corrected chi connectivity index (χ4v) is 2.44. The van der Waals surface area contributed by atoms with Gasteiger partial charge in [0.1, 0.15) is 11.6 Å². The first kappa shape index (κ1) is 17.1. The van der Waals surface area contributed by atoms with E-state index in [1.165, 1.54) is 0 Å². The first-order valence-corrected chi connectivity index (χ1v) is 8.06. The van der Waals surface area contributed by atoms with Crippen molar-refractivity contribution in [3.05, 3.63) is 77.3 Å². The molecule has 26 heavy (non-hydrogen) atoms. The molecule has 2 heterocycles. The molecular formula is C20H17N5O. The van der Waals surface area contributed by atoms with Crippen molar-refractivity contribution in [3.63, 3.8) is 0 Å². The third-order valence-electron chi connectivity index (χ3n) is 3.88. The van der Waals surface area contributed by atoms with Crippen LogP contribution in [0.2, 0.25) is 0 Å². The molecule has 3 aromatic rings. The minimum atomic E-state index is -0.430. The van der Waals surface area contributed by atoms with E-state index in [2.05, 4.69) is 20.5 Å². The molecule has 0 unspecified atom stereocenters. The zero-order valence-electron chi connectivity index (χ0n) is 14.2. The maximum atomic E-state index is 12.3. The molecule has 0 aliphatic rings. The molecule has 0 aliphatic heterocycles. The lowest BCUT2D eigenvalue weighted by atomic mass is 10.0. The Hall–Kier alpha value is -3.72. The highest BCUT2D eigenvalue weighted by Gasteiger charge is 2.12. The second-order valence-electron chi connectivity index (χ2n) is 5.77. The Kier molecular flexibility index (Phi) is 5.20. The van der Waals surface area contributed by atoms with E-state index in [1.807, 2.05) is 49.4 Å². The van der Waals surface area contributed by atoms with Gasteiger partial charge in [0, 0.05) is 30.1 Å². The van der Waals surface area contributed by atoms with Crippen molar-refractivity contribution in [2.24, 2.45) is 0 Å². The lowest BCUT2D eigenvalue weighted by Gasteiger charge is -2.05. The third-order valence-corrected chi connectivity index (χ3v) is 3.88. The van der Waals surface area contributed by atoms with Crippen molar-refractivity contribution in [2.75, 3.05) is 0 Å². The molecule has 2 aromatic heterocycles. The van der Waals surface area contributed by atoms with Gasteiger partial charge >= 0.3 is 0 Å². The molecule has 0 saturated heterocycles. The highest BCUT2D eigenvalue weighted by Crippen LogP contribution is 2.23. The summed E-state index contributed by atoms with van der Waals surface area (Å²) in [6.07, 6.45) is 6.45. The number of amides is 1. The summed E-state index contributed by atoms with van der Waals surface area (Å²) >= 11 is 0. The summed E-state index contributed by atoms with van der Waals surface area (Å²) in [5, 5.41) is 19.1. The molecule has 1 amide bonds. The van der Waals surface area contributed by atoms with Crippen LogP contribution in [0.25, 0.3) is 17.3 Å². The quantitative estimate of drug-likeness (QED) is 0.550. The van der Waals surface area contributed by atoms with E-state index in [1.54, 1.807) is 24.7 Å². The molecule has 2 N–H and O–H groups in total. The molecule has 0 atom stereocenters. The lowest BCUT2D eigenvalue weighted by Crippen LogP contribution is -2.23. The Morgan fingerprint density at radius 2 is 1.96 bits per heavy atom. The molecule has 0 aliphatic carbocycles. The number of carbonyl (C=O) groups is 1. The average molecular weight is 343 g/mol. The summed E-state index contributed by atoms with van der Waals surface area (Å²) in [6, 6.07) is 13.5. The Morgan fingerprint density at radius 3 is 2.65 bits per heavy atom. The first-order chi connectivity index (χ1) is 12.7. The van der Waals surface area contributed by atoms with Crippen LogP contribution in [-0.2, 0) is 11.3 Å². The van der Waals surface area contributed by atoms with Crippen LogP contribution in [0.3, 0.4) is 0 Å². The summed E-state index contributed by atoms with van der Waals surface area (Å²) in [4.78, 5) is 16.2. The predicted octanol–water partition coefficient (Wildman–Crippen LogP) is 3.00. The molecule has 0 spiro atoms. The summed E-state index contributed by atoms with van der Waals surface area (Å²) < 4.78 is 0. The topological polar surface area (TPSA) is 94.5 Å². The number of carbonyl (C=O) groups excluding carboxylic acids is 1. The number of aryl methyl sites for hydroxylation is 1. The monoisotopic (exact) mass is 343 g/mol. The van der Waals surface area contributed by atoms with Crippen molar-refractivity contribution in [1.82, 2.24) is 20.5 Å². The van der Waals surface area contributed by atoms with Gasteiger partial charge in [0.2, 0.25) is 0 Å². The van der Waals surface area contributed by atoms with E-state index in [4.69, 9.17) is 0 Å². The van der Waals surface area contributed by atoms with E-state index >= 15 is 0 Å². The van der Waals surface area contributed by atoms with Crippen molar-refractivity contribution in [2.45, 2.75) is 13.5 Å². The van der Waals surface area contributed by atoms with Gasteiger partial charge < -0.3 is 5.32 Å². The number of nitriles is 1. The van der Waals surface area contributed by atoms with E-state index in [9.17, 15) is 10.1 Å². The van der Waals surface area contributed by atoms with Gasteiger partial charge in [-0.2, -0.15) is 10.4 Å². The van der Waals surface area contributed by atoms with E-state index in [-0.39, 0.29) is 5.57 Å². The largest absolute Gasteiger partial charge is 0.347 e. The second-order valence-corrected chi connectivity index (χ2v) is 5.77. The SMILES string of the molecule is Cc1ccc(-c2[nH]ncc2/C=C(/C#N)C(=O)NCc2ccncc2)cc1. The van der Waals surface area contributed by atoms with Crippen molar-refractivity contribution in [1.29, 1.82) is 5.26 Å². The summed E-state index contributed by atoms with van der Waals surface area (Å²) in [6.45, 7) is 2.34. The fraction of sp³-hybridized carbons (Fsp3) is 0.100. The third kappa shape index (κ3) is 4.02. The molecule has 0 bridgehead atoms. The molecule has 0 fully saturated rings. The number of aromatic amines is 1. The minimum absolute atomic E-state index is 0.0221. The van der Waals surface area contributed by atoms with Crippen LogP contribution < -0.4 is 5.32 Å². The van der Waals surface area contributed by atoms with Gasteiger partial charge in [-0.1, -0.05) is 29.8 Å². The first-order valence-electron chi connectivity index (χ1n) is 8.06. The number of hydrogen-bond donors (Lipinski definition) is 2. The lowest BCUT2D eigenvalue weighted by molar-refractivity contribution is -0.117. The number of aromatic nitrogens is 3. The summed E-state index contributed by atoms with van der Waals surface area (Å²) in [7, 11) is 0. The molecular weight excluding hydrogens is 326 g/mol. The molecule has 0 radical (unpaired) electrons. The van der Waals surface area contributed by atoms with E-state index in [0.717, 1.165) is 22.4 Å². The zero-order valence-corrected chi connectivity index (χ0v) is 14.2. The number of H-pyrrole nitrogens is 1. The maximum Gasteiger partial charge on any atom is 0.262 e. The zero-order chi connectivity index (χ0) is 18.4. The Balaban J connectivity index is 1.79. The molecule has 3 rings (SSSR count). The predicted molar refractivity (Wildman–Crippen MR) is 98.4 cm³/mol. The number of rotatable bonds is 5. The standard InChI is InChI=1S/C20H17N5O/c1-14-2-4-16(5-3-14)19-18(13-24-25-19)10-17(11-21)20(26)23-12-15-6-8-22-9-7-15/h2-10,13H,12H2,1H3,(H,23,26)(H,24,25)/b17-10-. The van der Waals surface area contributed by atoms with Gasteiger partial charge in [-0.3, -0.25) is 14.9 Å². The number of nitrogens with one attached hydrogen (secondary N) is 2. The number of pyridine rings is 1. The number of hydrogen-bond acceptors (Lipinski definition) is 4. The molecule has 128 valence electrons.